The van der Waals surface area contributed by atoms with Crippen LogP contribution in [0.2, 0.25) is 0 Å². The fourth-order valence-electron chi connectivity index (χ4n) is 1.88. The van der Waals surface area contributed by atoms with Gasteiger partial charge in [-0.1, -0.05) is 0 Å². The maximum absolute atomic E-state index is 11.7. The van der Waals surface area contributed by atoms with Crippen LogP contribution in [0.3, 0.4) is 0 Å². The van der Waals surface area contributed by atoms with Crippen LogP contribution in [0.5, 0.6) is 0 Å². The maximum atomic E-state index is 11.7. The quantitative estimate of drug-likeness (QED) is 0.709. The van der Waals surface area contributed by atoms with Gasteiger partial charge in [-0.15, -0.1) is 0 Å². The van der Waals surface area contributed by atoms with E-state index in [0.29, 0.717) is 12.2 Å². The molecular weight excluding hydrogens is 218 g/mol. The molecule has 6 nitrogen and oxygen atoms in total. The summed E-state index contributed by atoms with van der Waals surface area (Å²) in [5.74, 6) is -0.0965. The van der Waals surface area contributed by atoms with E-state index >= 15 is 0 Å². The Balaban J connectivity index is 1.69. The van der Waals surface area contributed by atoms with Crippen molar-refractivity contribution in [3.8, 4) is 0 Å². The van der Waals surface area contributed by atoms with Crippen LogP contribution >= 0.6 is 0 Å². The first kappa shape index (κ1) is 12.1. The Kier molecular flexibility index (Phi) is 4.11. The van der Waals surface area contributed by atoms with Crippen molar-refractivity contribution in [1.29, 1.82) is 0 Å². The van der Waals surface area contributed by atoms with Crippen molar-refractivity contribution in [1.82, 2.24) is 25.1 Å². The molecule has 94 valence electrons. The molecule has 2 N–H and O–H groups in total. The summed E-state index contributed by atoms with van der Waals surface area (Å²) in [6, 6.07) is 0. The minimum atomic E-state index is -0.0965. The molecule has 2 rings (SSSR count). The molecule has 0 atom stereocenters. The first-order valence-corrected chi connectivity index (χ1v) is 5.95. The number of hydrogen-bond acceptors (Lipinski definition) is 4. The molecule has 0 bridgehead atoms. The van der Waals surface area contributed by atoms with Crippen LogP contribution in [-0.4, -0.2) is 59.6 Å². The minimum Gasteiger partial charge on any atom is -0.349 e. The molecule has 0 radical (unpaired) electrons. The summed E-state index contributed by atoms with van der Waals surface area (Å²) < 4.78 is 1.77. The summed E-state index contributed by atoms with van der Waals surface area (Å²) in [4.78, 5) is 18.0. The third-order valence-corrected chi connectivity index (χ3v) is 2.86. The SMILES string of the molecule is Cn1cnc(C(=O)NCCN2CCNCC2)c1. The number of carbonyl (C=O) groups is 1. The lowest BCUT2D eigenvalue weighted by molar-refractivity contribution is 0.0942. The highest BCUT2D eigenvalue weighted by Crippen LogP contribution is 1.94. The standard InChI is InChI=1S/C11H19N5O/c1-15-8-10(14-9-15)11(17)13-4-7-16-5-2-12-3-6-16/h8-9,12H,2-7H2,1H3,(H,13,17). The monoisotopic (exact) mass is 237 g/mol. The fourth-order valence-corrected chi connectivity index (χ4v) is 1.88. The molecule has 1 amide bonds. The molecule has 1 aliphatic heterocycles. The van der Waals surface area contributed by atoms with Gasteiger partial charge in [0.1, 0.15) is 5.69 Å². The van der Waals surface area contributed by atoms with Crippen LogP contribution in [0.1, 0.15) is 10.5 Å². The van der Waals surface area contributed by atoms with Gasteiger partial charge in [0.2, 0.25) is 0 Å². The average molecular weight is 237 g/mol. The van der Waals surface area contributed by atoms with Gasteiger partial charge in [-0.25, -0.2) is 4.98 Å². The van der Waals surface area contributed by atoms with Crippen molar-refractivity contribution < 1.29 is 4.79 Å². The van der Waals surface area contributed by atoms with E-state index in [1.54, 1.807) is 17.1 Å². The van der Waals surface area contributed by atoms with E-state index in [0.717, 1.165) is 32.7 Å². The lowest BCUT2D eigenvalue weighted by atomic mass is 10.3. The third kappa shape index (κ3) is 3.54. The van der Waals surface area contributed by atoms with Crippen LogP contribution in [0.15, 0.2) is 12.5 Å². The Hall–Kier alpha value is -1.40. The number of nitrogens with one attached hydrogen (secondary N) is 2. The molecule has 2 heterocycles. The fraction of sp³-hybridized carbons (Fsp3) is 0.636. The van der Waals surface area contributed by atoms with Crippen LogP contribution in [0.25, 0.3) is 0 Å². The zero-order valence-electron chi connectivity index (χ0n) is 10.1. The summed E-state index contributed by atoms with van der Waals surface area (Å²) in [7, 11) is 1.85. The van der Waals surface area contributed by atoms with E-state index in [1.165, 1.54) is 0 Å². The number of piperazine rings is 1. The number of aryl methyl sites for hydroxylation is 1. The molecular formula is C11H19N5O. The number of nitrogens with zero attached hydrogens (tertiary/aromatic N) is 3. The first-order chi connectivity index (χ1) is 8.25. The van der Waals surface area contributed by atoms with Crippen LogP contribution in [0, 0.1) is 0 Å². The molecule has 1 aromatic heterocycles. The van der Waals surface area contributed by atoms with Crippen molar-refractivity contribution in [3.63, 3.8) is 0 Å². The predicted molar refractivity (Wildman–Crippen MR) is 64.9 cm³/mol. The van der Waals surface area contributed by atoms with Crippen molar-refractivity contribution in [2.45, 2.75) is 0 Å². The zero-order valence-corrected chi connectivity index (χ0v) is 10.1. The van der Waals surface area contributed by atoms with Gasteiger partial charge in [0.15, 0.2) is 0 Å². The topological polar surface area (TPSA) is 62.2 Å². The Labute approximate surface area is 101 Å². The highest BCUT2D eigenvalue weighted by Gasteiger charge is 2.11. The zero-order chi connectivity index (χ0) is 12.1. The second kappa shape index (κ2) is 5.79. The molecule has 1 saturated heterocycles. The Bertz CT molecular complexity index is 370. The number of aromatic nitrogens is 2. The van der Waals surface area contributed by atoms with Crippen LogP contribution in [-0.2, 0) is 7.05 Å². The summed E-state index contributed by atoms with van der Waals surface area (Å²) in [5, 5.41) is 6.18. The molecule has 0 saturated carbocycles. The number of amides is 1. The number of imidazole rings is 1. The van der Waals surface area contributed by atoms with E-state index in [1.807, 2.05) is 7.05 Å². The van der Waals surface area contributed by atoms with E-state index in [4.69, 9.17) is 0 Å². The molecule has 1 fully saturated rings. The van der Waals surface area contributed by atoms with Crippen molar-refractivity contribution >= 4 is 5.91 Å². The van der Waals surface area contributed by atoms with E-state index in [2.05, 4.69) is 20.5 Å². The molecule has 6 heteroatoms. The predicted octanol–water partition coefficient (Wildman–Crippen LogP) is -0.945. The van der Waals surface area contributed by atoms with Crippen molar-refractivity contribution in [2.75, 3.05) is 39.3 Å². The number of rotatable bonds is 4. The summed E-state index contributed by atoms with van der Waals surface area (Å²) in [6.45, 7) is 5.76. The lowest BCUT2D eigenvalue weighted by Gasteiger charge is -2.26. The van der Waals surface area contributed by atoms with Gasteiger partial charge in [-0.05, 0) is 0 Å². The second-order valence-corrected chi connectivity index (χ2v) is 4.27. The molecule has 0 aliphatic carbocycles. The van der Waals surface area contributed by atoms with Gasteiger partial charge in [0.05, 0.1) is 6.33 Å². The minimum absolute atomic E-state index is 0.0965. The van der Waals surface area contributed by atoms with Gasteiger partial charge >= 0.3 is 0 Å². The van der Waals surface area contributed by atoms with Gasteiger partial charge < -0.3 is 15.2 Å². The normalized spacial score (nSPS) is 17.0. The molecule has 0 spiro atoms. The summed E-state index contributed by atoms with van der Waals surface area (Å²) in [6.07, 6.45) is 3.35. The molecule has 1 aliphatic rings. The van der Waals surface area contributed by atoms with E-state index in [9.17, 15) is 4.79 Å². The van der Waals surface area contributed by atoms with Gasteiger partial charge in [-0.2, -0.15) is 0 Å². The van der Waals surface area contributed by atoms with Crippen molar-refractivity contribution in [3.05, 3.63) is 18.2 Å². The molecule has 0 unspecified atom stereocenters. The largest absolute Gasteiger partial charge is 0.349 e. The molecule has 1 aromatic rings. The second-order valence-electron chi connectivity index (χ2n) is 4.27. The smallest absolute Gasteiger partial charge is 0.271 e. The van der Waals surface area contributed by atoms with Gasteiger partial charge in [0.25, 0.3) is 5.91 Å². The van der Waals surface area contributed by atoms with E-state index < -0.39 is 0 Å². The Morgan fingerprint density at radius 2 is 2.29 bits per heavy atom. The summed E-state index contributed by atoms with van der Waals surface area (Å²) in [5.41, 5.74) is 0.479. The number of hydrogen-bond donors (Lipinski definition) is 2. The molecule has 17 heavy (non-hydrogen) atoms. The van der Waals surface area contributed by atoms with Crippen molar-refractivity contribution in [2.24, 2.45) is 7.05 Å². The van der Waals surface area contributed by atoms with Gasteiger partial charge in [-0.3, -0.25) is 9.69 Å². The molecule has 0 aromatic carbocycles. The Morgan fingerprint density at radius 1 is 1.53 bits per heavy atom. The van der Waals surface area contributed by atoms with Crippen LogP contribution in [0.4, 0.5) is 0 Å². The highest BCUT2D eigenvalue weighted by atomic mass is 16.1. The van der Waals surface area contributed by atoms with E-state index in [-0.39, 0.29) is 5.91 Å². The lowest BCUT2D eigenvalue weighted by Crippen LogP contribution is -2.46. The third-order valence-electron chi connectivity index (χ3n) is 2.86. The first-order valence-electron chi connectivity index (χ1n) is 5.95. The maximum Gasteiger partial charge on any atom is 0.271 e. The van der Waals surface area contributed by atoms with Crippen LogP contribution < -0.4 is 10.6 Å². The Morgan fingerprint density at radius 3 is 2.94 bits per heavy atom. The average Bonchev–Trinajstić information content (AvgIpc) is 2.77. The number of carbonyl (C=O) groups excluding carboxylic acids is 1. The highest BCUT2D eigenvalue weighted by molar-refractivity contribution is 5.91. The van der Waals surface area contributed by atoms with Gasteiger partial charge in [0, 0.05) is 52.5 Å². The summed E-state index contributed by atoms with van der Waals surface area (Å²) >= 11 is 0.